The molecule has 8 heteroatoms. The minimum atomic E-state index is -3.12. The van der Waals surface area contributed by atoms with Crippen molar-refractivity contribution in [1.82, 2.24) is 10.3 Å². The minimum Gasteiger partial charge on any atom is -0.459 e. The van der Waals surface area contributed by atoms with E-state index >= 15 is 0 Å². The molecule has 1 amide bonds. The molecule has 108 valence electrons. The van der Waals surface area contributed by atoms with Gasteiger partial charge in [-0.05, 0) is 19.1 Å². The van der Waals surface area contributed by atoms with E-state index in [1.165, 1.54) is 16.7 Å². The van der Waals surface area contributed by atoms with Crippen molar-refractivity contribution in [2.45, 2.75) is 12.8 Å². The van der Waals surface area contributed by atoms with Crippen LogP contribution in [0.3, 0.4) is 0 Å². The lowest BCUT2D eigenvalue weighted by atomic mass is 10.3. The van der Waals surface area contributed by atoms with Crippen molar-refractivity contribution < 1.29 is 18.0 Å². The number of nitrogens with zero attached hydrogens (tertiary/aromatic N) is 1. The first-order valence-electron chi connectivity index (χ1n) is 5.80. The lowest BCUT2D eigenvalue weighted by molar-refractivity contribution is 0.0118. The number of hydrogen-bond acceptors (Lipinski definition) is 5. The Hall–Kier alpha value is -1.80. The predicted molar refractivity (Wildman–Crippen MR) is 70.9 cm³/mol. The van der Waals surface area contributed by atoms with Gasteiger partial charge in [0.15, 0.2) is 10.8 Å². The third kappa shape index (κ3) is 3.40. The Labute approximate surface area is 117 Å². The Kier molecular flexibility index (Phi) is 4.15. The lowest BCUT2D eigenvalue weighted by Gasteiger charge is -2.13. The zero-order chi connectivity index (χ0) is 14.8. The molecule has 2 heterocycles. The number of thiazole rings is 1. The first kappa shape index (κ1) is 14.6. The second-order valence-electron chi connectivity index (χ2n) is 4.19. The zero-order valence-corrected chi connectivity index (χ0v) is 11.5. The van der Waals surface area contributed by atoms with E-state index in [0.29, 0.717) is 10.8 Å². The van der Waals surface area contributed by atoms with Gasteiger partial charge in [-0.15, -0.1) is 11.3 Å². The van der Waals surface area contributed by atoms with E-state index in [0.717, 1.165) is 5.76 Å². The van der Waals surface area contributed by atoms with Crippen molar-refractivity contribution in [3.63, 3.8) is 0 Å². The quantitative estimate of drug-likeness (QED) is 0.885. The third-order valence-corrected chi connectivity index (χ3v) is 3.35. The van der Waals surface area contributed by atoms with Gasteiger partial charge in [-0.2, -0.15) is 0 Å². The molecule has 0 aliphatic carbocycles. The van der Waals surface area contributed by atoms with Crippen LogP contribution in [0, 0.1) is 6.92 Å². The molecule has 0 saturated heterocycles. The monoisotopic (exact) mass is 301 g/mol. The Morgan fingerprint density at radius 1 is 1.55 bits per heavy atom. The maximum absolute atomic E-state index is 12.9. The molecule has 2 rings (SSSR count). The number of alkyl halides is 2. The highest BCUT2D eigenvalue weighted by atomic mass is 32.1. The van der Waals surface area contributed by atoms with Crippen molar-refractivity contribution in [3.8, 4) is 10.8 Å². The van der Waals surface area contributed by atoms with Crippen LogP contribution in [-0.4, -0.2) is 29.9 Å². The third-order valence-electron chi connectivity index (χ3n) is 2.49. The highest BCUT2D eigenvalue weighted by Crippen LogP contribution is 2.25. The predicted octanol–water partition coefficient (Wildman–Crippen LogP) is 2.04. The van der Waals surface area contributed by atoms with Crippen LogP contribution < -0.4 is 11.1 Å². The van der Waals surface area contributed by atoms with Crippen molar-refractivity contribution in [3.05, 3.63) is 29.0 Å². The van der Waals surface area contributed by atoms with Gasteiger partial charge in [-0.1, -0.05) is 0 Å². The average Bonchev–Trinajstić information content (AvgIpc) is 3.04. The van der Waals surface area contributed by atoms with Gasteiger partial charge in [-0.3, -0.25) is 4.79 Å². The van der Waals surface area contributed by atoms with Gasteiger partial charge in [-0.25, -0.2) is 13.8 Å². The zero-order valence-electron chi connectivity index (χ0n) is 10.7. The summed E-state index contributed by atoms with van der Waals surface area (Å²) in [4.78, 5) is 15.7. The van der Waals surface area contributed by atoms with Crippen LogP contribution in [0.15, 0.2) is 21.9 Å². The molecule has 0 aromatic carbocycles. The van der Waals surface area contributed by atoms with Crippen LogP contribution in [0.25, 0.3) is 10.8 Å². The molecule has 2 aromatic rings. The topological polar surface area (TPSA) is 81.2 Å². The molecule has 0 bridgehead atoms. The molecule has 0 aliphatic heterocycles. The number of carbonyl (C=O) groups excluding carboxylic acids is 1. The van der Waals surface area contributed by atoms with Gasteiger partial charge < -0.3 is 15.5 Å². The number of nitrogens with one attached hydrogen (secondary N) is 1. The average molecular weight is 301 g/mol. The van der Waals surface area contributed by atoms with Crippen molar-refractivity contribution in [2.75, 3.05) is 13.1 Å². The van der Waals surface area contributed by atoms with Crippen LogP contribution in [-0.2, 0) is 0 Å². The summed E-state index contributed by atoms with van der Waals surface area (Å²) in [7, 11) is 0. The van der Waals surface area contributed by atoms with E-state index in [1.807, 2.05) is 0 Å². The van der Waals surface area contributed by atoms with Crippen LogP contribution in [0.5, 0.6) is 0 Å². The minimum absolute atomic E-state index is 0.0758. The van der Waals surface area contributed by atoms with E-state index < -0.39 is 24.9 Å². The number of amides is 1. The van der Waals surface area contributed by atoms with Gasteiger partial charge in [0.1, 0.15) is 11.5 Å². The molecule has 0 aliphatic rings. The summed E-state index contributed by atoms with van der Waals surface area (Å²) in [5.41, 5.74) is 4.96. The number of nitrogens with two attached hydrogens (primary N) is 1. The van der Waals surface area contributed by atoms with Crippen LogP contribution in [0.2, 0.25) is 0 Å². The van der Waals surface area contributed by atoms with Gasteiger partial charge in [0.05, 0.1) is 13.1 Å². The van der Waals surface area contributed by atoms with Gasteiger partial charge in [0, 0.05) is 5.38 Å². The summed E-state index contributed by atoms with van der Waals surface area (Å²) in [6.07, 6.45) is 0. The lowest BCUT2D eigenvalue weighted by Crippen LogP contribution is -2.41. The number of halogens is 2. The van der Waals surface area contributed by atoms with Crippen molar-refractivity contribution in [1.29, 1.82) is 0 Å². The molecular weight excluding hydrogens is 288 g/mol. The summed E-state index contributed by atoms with van der Waals surface area (Å²) in [5.74, 6) is -2.52. The van der Waals surface area contributed by atoms with E-state index in [2.05, 4.69) is 10.3 Å². The SMILES string of the molecule is Cc1ccc(-c2nc(C(=O)NCC(F)(F)CN)cs2)o1. The van der Waals surface area contributed by atoms with Gasteiger partial charge in [0.25, 0.3) is 11.8 Å². The number of aryl methyl sites for hydroxylation is 1. The summed E-state index contributed by atoms with van der Waals surface area (Å²) in [5, 5.41) is 4.12. The molecule has 3 N–H and O–H groups in total. The summed E-state index contributed by atoms with van der Waals surface area (Å²) in [6, 6.07) is 3.51. The molecule has 0 saturated carbocycles. The summed E-state index contributed by atoms with van der Waals surface area (Å²) >= 11 is 1.21. The largest absolute Gasteiger partial charge is 0.459 e. The van der Waals surface area contributed by atoms with E-state index in [-0.39, 0.29) is 5.69 Å². The first-order chi connectivity index (χ1) is 9.41. The first-order valence-corrected chi connectivity index (χ1v) is 6.68. The second-order valence-corrected chi connectivity index (χ2v) is 5.05. The Balaban J connectivity index is 2.03. The molecule has 0 spiro atoms. The smallest absolute Gasteiger partial charge is 0.277 e. The molecule has 5 nitrogen and oxygen atoms in total. The number of furan rings is 1. The van der Waals surface area contributed by atoms with Crippen LogP contribution in [0.4, 0.5) is 8.78 Å². The fourth-order valence-corrected chi connectivity index (χ4v) is 2.17. The fraction of sp³-hybridized carbons (Fsp3) is 0.333. The Morgan fingerprint density at radius 3 is 2.90 bits per heavy atom. The highest BCUT2D eigenvalue weighted by Gasteiger charge is 2.27. The summed E-state index contributed by atoms with van der Waals surface area (Å²) < 4.78 is 31.2. The van der Waals surface area contributed by atoms with E-state index in [4.69, 9.17) is 10.2 Å². The van der Waals surface area contributed by atoms with Crippen molar-refractivity contribution in [2.24, 2.45) is 5.73 Å². The molecular formula is C12H13F2N3O2S. The molecule has 2 aromatic heterocycles. The van der Waals surface area contributed by atoms with Gasteiger partial charge in [0.2, 0.25) is 0 Å². The maximum Gasteiger partial charge on any atom is 0.277 e. The molecule has 0 radical (unpaired) electrons. The van der Waals surface area contributed by atoms with Crippen LogP contribution in [0.1, 0.15) is 16.2 Å². The second kappa shape index (κ2) is 5.68. The van der Waals surface area contributed by atoms with E-state index in [9.17, 15) is 13.6 Å². The fourth-order valence-electron chi connectivity index (χ4n) is 1.41. The maximum atomic E-state index is 12.9. The molecule has 0 atom stereocenters. The number of rotatable bonds is 5. The van der Waals surface area contributed by atoms with Crippen molar-refractivity contribution >= 4 is 17.2 Å². The molecule has 0 unspecified atom stereocenters. The molecule has 20 heavy (non-hydrogen) atoms. The number of carbonyl (C=O) groups is 1. The van der Waals surface area contributed by atoms with Gasteiger partial charge >= 0.3 is 0 Å². The Morgan fingerprint density at radius 2 is 2.30 bits per heavy atom. The Bertz CT molecular complexity index is 609. The highest BCUT2D eigenvalue weighted by molar-refractivity contribution is 7.13. The molecule has 0 fully saturated rings. The van der Waals surface area contributed by atoms with E-state index in [1.54, 1.807) is 19.1 Å². The normalized spacial score (nSPS) is 11.6. The standard InChI is InChI=1S/C12H13F2N3O2S/c1-7-2-3-9(19-7)11-17-8(4-20-11)10(18)16-6-12(13,14)5-15/h2-4H,5-6,15H2,1H3,(H,16,18). The number of hydrogen-bond donors (Lipinski definition) is 2. The summed E-state index contributed by atoms with van der Waals surface area (Å²) in [6.45, 7) is 0.163. The van der Waals surface area contributed by atoms with Crippen LogP contribution >= 0.6 is 11.3 Å². The number of aromatic nitrogens is 1.